The van der Waals surface area contributed by atoms with Crippen molar-refractivity contribution in [3.63, 3.8) is 0 Å². The summed E-state index contributed by atoms with van der Waals surface area (Å²) in [5.74, 6) is 0.787. The summed E-state index contributed by atoms with van der Waals surface area (Å²) >= 11 is 1.74. The minimum absolute atomic E-state index is 0.0394. The molecule has 0 saturated carbocycles. The molecule has 0 saturated heterocycles. The van der Waals surface area contributed by atoms with Gasteiger partial charge >= 0.3 is 0 Å². The first-order valence-electron chi connectivity index (χ1n) is 8.10. The van der Waals surface area contributed by atoms with Crippen LogP contribution in [0.2, 0.25) is 0 Å². The van der Waals surface area contributed by atoms with E-state index in [1.165, 1.54) is 16.0 Å². The van der Waals surface area contributed by atoms with Gasteiger partial charge in [0.2, 0.25) is 5.91 Å². The van der Waals surface area contributed by atoms with E-state index < -0.39 is 0 Å². The van der Waals surface area contributed by atoms with Crippen LogP contribution in [0.5, 0.6) is 0 Å². The first-order chi connectivity index (χ1) is 11.7. The molecule has 5 heteroatoms. The van der Waals surface area contributed by atoms with E-state index in [0.29, 0.717) is 13.0 Å². The van der Waals surface area contributed by atoms with Gasteiger partial charge in [-0.3, -0.25) is 4.79 Å². The van der Waals surface area contributed by atoms with E-state index in [9.17, 15) is 4.79 Å². The maximum atomic E-state index is 12.1. The highest BCUT2D eigenvalue weighted by molar-refractivity contribution is 7.09. The molecular weight excluding hydrogens is 318 g/mol. The molecule has 3 rings (SSSR count). The number of rotatable bonds is 7. The van der Waals surface area contributed by atoms with Crippen molar-refractivity contribution < 1.29 is 4.79 Å². The van der Waals surface area contributed by atoms with Crippen molar-refractivity contribution in [3.05, 3.63) is 70.0 Å². The molecule has 2 aromatic heterocycles. The van der Waals surface area contributed by atoms with Crippen LogP contribution in [0, 0.1) is 6.92 Å². The lowest BCUT2D eigenvalue weighted by atomic mass is 10.1. The lowest BCUT2D eigenvalue weighted by Crippen LogP contribution is -2.16. The Labute approximate surface area is 146 Å². The van der Waals surface area contributed by atoms with E-state index in [2.05, 4.69) is 47.0 Å². The number of carbonyl (C=O) groups is 1. The predicted octanol–water partition coefficient (Wildman–Crippen LogP) is 4.26. The van der Waals surface area contributed by atoms with Gasteiger partial charge in [0.1, 0.15) is 5.82 Å². The van der Waals surface area contributed by atoms with Crippen molar-refractivity contribution in [1.82, 2.24) is 9.78 Å². The van der Waals surface area contributed by atoms with Crippen LogP contribution >= 0.6 is 11.3 Å². The number of nitrogens with one attached hydrogen (secondary N) is 1. The average Bonchev–Trinajstić information content (AvgIpc) is 3.20. The Morgan fingerprint density at radius 3 is 2.96 bits per heavy atom. The molecule has 0 aliphatic rings. The van der Waals surface area contributed by atoms with Crippen LogP contribution in [-0.4, -0.2) is 15.7 Å². The van der Waals surface area contributed by atoms with Gasteiger partial charge in [-0.2, -0.15) is 5.10 Å². The van der Waals surface area contributed by atoms with Gasteiger partial charge in [-0.15, -0.1) is 11.3 Å². The van der Waals surface area contributed by atoms with Crippen LogP contribution in [0.3, 0.4) is 0 Å². The fourth-order valence-electron chi connectivity index (χ4n) is 2.63. The third-order valence-electron chi connectivity index (χ3n) is 3.81. The van der Waals surface area contributed by atoms with Crippen LogP contribution < -0.4 is 5.32 Å². The van der Waals surface area contributed by atoms with Crippen molar-refractivity contribution in [3.8, 4) is 0 Å². The average molecular weight is 339 g/mol. The summed E-state index contributed by atoms with van der Waals surface area (Å²) in [6.07, 6.45) is 4.05. The molecular formula is C19H21N3OS. The van der Waals surface area contributed by atoms with E-state index in [1.54, 1.807) is 17.5 Å². The number of hydrogen-bond donors (Lipinski definition) is 1. The number of hydrogen-bond acceptors (Lipinski definition) is 3. The molecule has 1 amide bonds. The Hall–Kier alpha value is -2.40. The van der Waals surface area contributed by atoms with Crippen molar-refractivity contribution in [2.75, 3.05) is 5.32 Å². The quantitative estimate of drug-likeness (QED) is 0.699. The monoisotopic (exact) mass is 339 g/mol. The number of carbonyl (C=O) groups excluding carboxylic acids is 1. The molecule has 2 heterocycles. The number of benzene rings is 1. The van der Waals surface area contributed by atoms with Crippen molar-refractivity contribution in [2.45, 2.75) is 32.7 Å². The topological polar surface area (TPSA) is 46.9 Å². The largest absolute Gasteiger partial charge is 0.311 e. The maximum absolute atomic E-state index is 12.1. The van der Waals surface area contributed by atoms with E-state index in [0.717, 1.165) is 18.7 Å². The molecule has 24 heavy (non-hydrogen) atoms. The fraction of sp³-hybridized carbons (Fsp3) is 0.263. The number of aryl methyl sites for hydroxylation is 2. The first kappa shape index (κ1) is 16.5. The third-order valence-corrected chi connectivity index (χ3v) is 4.74. The Balaban J connectivity index is 1.53. The van der Waals surface area contributed by atoms with Gasteiger partial charge in [-0.25, -0.2) is 4.68 Å². The molecule has 1 aromatic carbocycles. The maximum Gasteiger partial charge on any atom is 0.225 e. The smallest absolute Gasteiger partial charge is 0.225 e. The zero-order valence-electron chi connectivity index (χ0n) is 13.7. The number of aromatic nitrogens is 2. The van der Waals surface area contributed by atoms with Crippen LogP contribution in [-0.2, 0) is 17.8 Å². The molecule has 0 radical (unpaired) electrons. The SMILES string of the molecule is Cc1cccc(Cn2nccc2NC(=O)CCCc2cccs2)c1. The van der Waals surface area contributed by atoms with Gasteiger partial charge in [0.25, 0.3) is 0 Å². The molecule has 0 unspecified atom stereocenters. The lowest BCUT2D eigenvalue weighted by Gasteiger charge is -2.09. The minimum atomic E-state index is 0.0394. The molecule has 0 aliphatic heterocycles. The van der Waals surface area contributed by atoms with E-state index in [4.69, 9.17) is 0 Å². The molecule has 0 fully saturated rings. The zero-order chi connectivity index (χ0) is 16.8. The van der Waals surface area contributed by atoms with Gasteiger partial charge in [0, 0.05) is 17.4 Å². The highest BCUT2D eigenvalue weighted by Crippen LogP contribution is 2.14. The zero-order valence-corrected chi connectivity index (χ0v) is 14.6. The van der Waals surface area contributed by atoms with Crippen molar-refractivity contribution in [2.24, 2.45) is 0 Å². The van der Waals surface area contributed by atoms with Gasteiger partial charge in [-0.1, -0.05) is 35.9 Å². The van der Waals surface area contributed by atoms with Crippen LogP contribution in [0.25, 0.3) is 0 Å². The summed E-state index contributed by atoms with van der Waals surface area (Å²) in [7, 11) is 0. The Kier molecular flexibility index (Phi) is 5.43. The summed E-state index contributed by atoms with van der Waals surface area (Å²) < 4.78 is 1.83. The molecule has 1 N–H and O–H groups in total. The van der Waals surface area contributed by atoms with Gasteiger partial charge < -0.3 is 5.32 Å². The second-order valence-corrected chi connectivity index (χ2v) is 6.88. The van der Waals surface area contributed by atoms with E-state index >= 15 is 0 Å². The Morgan fingerprint density at radius 1 is 1.25 bits per heavy atom. The summed E-state index contributed by atoms with van der Waals surface area (Å²) in [6.45, 7) is 2.72. The highest BCUT2D eigenvalue weighted by atomic mass is 32.1. The second kappa shape index (κ2) is 7.93. The molecule has 124 valence electrons. The first-order valence-corrected chi connectivity index (χ1v) is 8.98. The summed E-state index contributed by atoms with van der Waals surface area (Å²) in [5, 5.41) is 9.36. The number of anilines is 1. The molecule has 0 spiro atoms. The van der Waals surface area contributed by atoms with Gasteiger partial charge in [0.15, 0.2) is 0 Å². The molecule has 3 aromatic rings. The summed E-state index contributed by atoms with van der Waals surface area (Å²) in [4.78, 5) is 13.5. The molecule has 0 aliphatic carbocycles. The van der Waals surface area contributed by atoms with Gasteiger partial charge in [0.05, 0.1) is 12.7 Å². The number of thiophene rings is 1. The van der Waals surface area contributed by atoms with Crippen LogP contribution in [0.15, 0.2) is 54.0 Å². The third kappa shape index (κ3) is 4.55. The fourth-order valence-corrected chi connectivity index (χ4v) is 3.38. The predicted molar refractivity (Wildman–Crippen MR) is 98.4 cm³/mol. The molecule has 0 bridgehead atoms. The van der Waals surface area contributed by atoms with Crippen LogP contribution in [0.1, 0.15) is 28.8 Å². The second-order valence-electron chi connectivity index (χ2n) is 5.84. The minimum Gasteiger partial charge on any atom is -0.311 e. The summed E-state index contributed by atoms with van der Waals surface area (Å²) in [5.41, 5.74) is 2.39. The Bertz CT molecular complexity index is 793. The lowest BCUT2D eigenvalue weighted by molar-refractivity contribution is -0.116. The summed E-state index contributed by atoms with van der Waals surface area (Å²) in [6, 6.07) is 14.3. The van der Waals surface area contributed by atoms with E-state index in [1.807, 2.05) is 22.9 Å². The number of nitrogens with zero attached hydrogens (tertiary/aromatic N) is 2. The highest BCUT2D eigenvalue weighted by Gasteiger charge is 2.08. The van der Waals surface area contributed by atoms with Gasteiger partial charge in [-0.05, 0) is 36.8 Å². The number of amides is 1. The molecule has 4 nitrogen and oxygen atoms in total. The Morgan fingerprint density at radius 2 is 2.17 bits per heavy atom. The van der Waals surface area contributed by atoms with Crippen molar-refractivity contribution >= 4 is 23.1 Å². The molecule has 0 atom stereocenters. The van der Waals surface area contributed by atoms with Crippen LogP contribution in [0.4, 0.5) is 5.82 Å². The normalized spacial score (nSPS) is 10.7. The van der Waals surface area contributed by atoms with Crippen molar-refractivity contribution in [1.29, 1.82) is 0 Å². The standard InChI is InChI=1S/C19H21N3OS/c1-15-5-2-6-16(13-15)14-22-18(10-11-20-22)21-19(23)9-3-7-17-8-4-12-24-17/h2,4-6,8,10-13H,3,7,9,14H2,1H3,(H,21,23). The van der Waals surface area contributed by atoms with E-state index in [-0.39, 0.29) is 5.91 Å².